The van der Waals surface area contributed by atoms with E-state index in [1.807, 2.05) is 11.6 Å². The minimum atomic E-state index is 0.811. The largest absolute Gasteiger partial charge is 0.337 e. The summed E-state index contributed by atoms with van der Waals surface area (Å²) in [4.78, 5) is 2.51. The van der Waals surface area contributed by atoms with E-state index in [1.54, 1.807) is 0 Å². The van der Waals surface area contributed by atoms with Crippen LogP contribution in [-0.4, -0.2) is 30.3 Å². The lowest BCUT2D eigenvalue weighted by atomic mass is 10.1. The first-order chi connectivity index (χ1) is 7.56. The molecule has 16 heavy (non-hydrogen) atoms. The zero-order chi connectivity index (χ0) is 12.4. The zero-order valence-corrected chi connectivity index (χ0v) is 12.6. The highest BCUT2D eigenvalue weighted by molar-refractivity contribution is 8.22. The fourth-order valence-electron chi connectivity index (χ4n) is 1.34. The van der Waals surface area contributed by atoms with Crippen LogP contribution in [0, 0.1) is 11.8 Å². The summed E-state index contributed by atoms with van der Waals surface area (Å²) in [5.41, 5.74) is 0. The average Bonchev–Trinajstić information content (AvgIpc) is 2.21. The van der Waals surface area contributed by atoms with Crippen molar-refractivity contribution < 1.29 is 0 Å². The van der Waals surface area contributed by atoms with Gasteiger partial charge in [-0.2, -0.15) is 11.6 Å². The maximum absolute atomic E-state index is 2.51. The maximum atomic E-state index is 2.51. The number of nitrogens with zero attached hydrogens (tertiary/aromatic N) is 1. The fourth-order valence-corrected chi connectivity index (χ4v) is 2.10. The van der Waals surface area contributed by atoms with Crippen LogP contribution in [0.3, 0.4) is 0 Å². The van der Waals surface area contributed by atoms with Crippen LogP contribution in [0.2, 0.25) is 0 Å². The normalized spacial score (nSPS) is 11.8. The molecule has 0 aromatic carbocycles. The molecule has 3 heteroatoms. The number of rotatable bonds is 10. The quantitative estimate of drug-likeness (QED) is 0.420. The minimum Gasteiger partial charge on any atom is -0.337 e. The van der Waals surface area contributed by atoms with E-state index in [4.69, 9.17) is 0 Å². The van der Waals surface area contributed by atoms with Crippen molar-refractivity contribution in [2.75, 3.05) is 18.8 Å². The van der Waals surface area contributed by atoms with Gasteiger partial charge in [0.2, 0.25) is 0 Å². The number of hydrogen-bond acceptors (Lipinski definition) is 2. The molecule has 0 amide bonds. The van der Waals surface area contributed by atoms with E-state index >= 15 is 0 Å². The molecule has 0 N–H and O–H groups in total. The van der Waals surface area contributed by atoms with Crippen molar-refractivity contribution in [3.8, 4) is 0 Å². The molecule has 0 heterocycles. The first-order valence-electron chi connectivity index (χ1n) is 6.75. The number of hydrogen-bond donors (Lipinski definition) is 0. The fraction of sp³-hybridized carbons (Fsp3) is 1.00. The van der Waals surface area contributed by atoms with E-state index in [1.165, 1.54) is 38.1 Å². The summed E-state index contributed by atoms with van der Waals surface area (Å²) in [7, 11) is 0. The van der Waals surface area contributed by atoms with Gasteiger partial charge in [0.15, 0.2) is 0 Å². The molecule has 0 saturated heterocycles. The van der Waals surface area contributed by atoms with Crippen LogP contribution in [0.25, 0.3) is 0 Å². The predicted molar refractivity (Wildman–Crippen MR) is 79.0 cm³/mol. The molecule has 0 aliphatic rings. The minimum absolute atomic E-state index is 0.811. The van der Waals surface area contributed by atoms with Gasteiger partial charge in [-0.3, -0.25) is 0 Å². The topological polar surface area (TPSA) is 3.24 Å². The highest BCUT2D eigenvalue weighted by Gasteiger charge is 2.08. The Bertz CT molecular complexity index is 139. The van der Waals surface area contributed by atoms with E-state index in [9.17, 15) is 0 Å². The van der Waals surface area contributed by atoms with Crippen molar-refractivity contribution in [1.82, 2.24) is 4.81 Å². The first kappa shape index (κ1) is 16.4. The summed E-state index contributed by atoms with van der Waals surface area (Å²) >= 11 is 1.97. The molecule has 0 atom stereocenters. The van der Waals surface area contributed by atoms with Gasteiger partial charge >= 0.3 is 0 Å². The Morgan fingerprint density at radius 1 is 1.00 bits per heavy atom. The van der Waals surface area contributed by atoms with Crippen LogP contribution in [0.4, 0.5) is 0 Å². The van der Waals surface area contributed by atoms with Crippen molar-refractivity contribution in [2.45, 2.75) is 53.9 Å². The average molecular weight is 242 g/mol. The molecule has 1 radical (unpaired) electrons. The Kier molecular flexibility index (Phi) is 10.8. The van der Waals surface area contributed by atoms with Gasteiger partial charge in [-0.1, -0.05) is 34.6 Å². The second-order valence-electron chi connectivity index (χ2n) is 5.38. The van der Waals surface area contributed by atoms with Crippen molar-refractivity contribution in [2.24, 2.45) is 11.8 Å². The molecule has 0 aromatic heterocycles. The van der Waals surface area contributed by atoms with E-state index in [0.29, 0.717) is 0 Å². The third-order valence-electron chi connectivity index (χ3n) is 2.53. The van der Waals surface area contributed by atoms with Gasteiger partial charge in [-0.05, 0) is 49.9 Å². The molecule has 0 bridgehead atoms. The summed E-state index contributed by atoms with van der Waals surface area (Å²) < 4.78 is 0. The third-order valence-corrected chi connectivity index (χ3v) is 3.62. The molecule has 0 saturated carbocycles. The molecule has 0 aromatic rings. The molecule has 0 rings (SSSR count). The molecule has 0 spiro atoms. The predicted octanol–water partition coefficient (Wildman–Crippen LogP) is 4.06. The van der Waals surface area contributed by atoms with Gasteiger partial charge in [-0.15, -0.1) is 0 Å². The molecule has 0 fully saturated rings. The monoisotopic (exact) mass is 242 g/mol. The second kappa shape index (κ2) is 10.5. The summed E-state index contributed by atoms with van der Waals surface area (Å²) in [6.45, 7) is 16.3. The van der Waals surface area contributed by atoms with E-state index in [-0.39, 0.29) is 0 Å². The van der Waals surface area contributed by atoms with Crippen LogP contribution >= 0.6 is 11.6 Å². The van der Waals surface area contributed by atoms with Crippen molar-refractivity contribution in [3.05, 3.63) is 0 Å². The maximum Gasteiger partial charge on any atom is 0.288 e. The summed E-state index contributed by atoms with van der Waals surface area (Å²) in [5.74, 6) is 2.87. The Morgan fingerprint density at radius 3 is 1.88 bits per heavy atom. The van der Waals surface area contributed by atoms with Crippen LogP contribution in [-0.2, 0) is 0 Å². The van der Waals surface area contributed by atoms with Gasteiger partial charge in [0.05, 0.1) is 0 Å². The van der Waals surface area contributed by atoms with Crippen LogP contribution in [0.15, 0.2) is 0 Å². The highest BCUT2D eigenvalue weighted by atomic mass is 32.2. The van der Waals surface area contributed by atoms with Crippen LogP contribution in [0.1, 0.15) is 53.9 Å². The molecule has 95 valence electrons. The first-order valence-corrected chi connectivity index (χ1v) is 7.80. The van der Waals surface area contributed by atoms with Crippen LogP contribution in [0.5, 0.6) is 0 Å². The lowest BCUT2D eigenvalue weighted by molar-refractivity contribution is 0.375. The summed E-state index contributed by atoms with van der Waals surface area (Å²) in [6, 6.07) is 0. The molecule has 0 unspecified atom stereocenters. The van der Waals surface area contributed by atoms with Gasteiger partial charge in [-0.25, -0.2) is 0 Å². The molecular weight excluding hydrogens is 213 g/mol. The standard InChI is InChI=1S/C13H29BNS/c1-6-11-16-14-15(9-7-12(2)3)10-8-13(4)5/h12-13H,6-11H2,1-5H3. The van der Waals surface area contributed by atoms with Gasteiger partial charge in [0.25, 0.3) is 6.69 Å². The highest BCUT2D eigenvalue weighted by Crippen LogP contribution is 2.09. The Morgan fingerprint density at radius 2 is 1.50 bits per heavy atom. The lowest BCUT2D eigenvalue weighted by Crippen LogP contribution is -2.30. The summed E-state index contributed by atoms with van der Waals surface area (Å²) in [5, 5.41) is 0. The Balaban J connectivity index is 3.76. The molecular formula is C13H29BNS. The van der Waals surface area contributed by atoms with E-state index in [2.05, 4.69) is 46.1 Å². The van der Waals surface area contributed by atoms with Gasteiger partial charge < -0.3 is 4.81 Å². The molecule has 0 aliphatic heterocycles. The second-order valence-corrected chi connectivity index (χ2v) is 6.33. The Labute approximate surface area is 108 Å². The van der Waals surface area contributed by atoms with Crippen molar-refractivity contribution in [3.63, 3.8) is 0 Å². The van der Waals surface area contributed by atoms with E-state index < -0.39 is 0 Å². The third kappa shape index (κ3) is 10.9. The van der Waals surface area contributed by atoms with Crippen molar-refractivity contribution >= 4 is 18.3 Å². The van der Waals surface area contributed by atoms with Gasteiger partial charge in [0.1, 0.15) is 0 Å². The molecule has 0 aliphatic carbocycles. The van der Waals surface area contributed by atoms with Crippen LogP contribution < -0.4 is 0 Å². The smallest absolute Gasteiger partial charge is 0.288 e. The SMILES string of the molecule is CCCS[B]N(CCC(C)C)CCC(C)C. The Hall–Kier alpha value is 0.375. The lowest BCUT2D eigenvalue weighted by Gasteiger charge is -2.23. The van der Waals surface area contributed by atoms with Gasteiger partial charge in [0, 0.05) is 0 Å². The summed E-state index contributed by atoms with van der Waals surface area (Å²) in [6.07, 6.45) is 3.88. The van der Waals surface area contributed by atoms with Crippen molar-refractivity contribution in [1.29, 1.82) is 0 Å². The molecule has 1 nitrogen and oxygen atoms in total. The van der Waals surface area contributed by atoms with E-state index in [0.717, 1.165) is 11.8 Å². The zero-order valence-electron chi connectivity index (χ0n) is 11.8.